The van der Waals surface area contributed by atoms with Gasteiger partial charge in [0.1, 0.15) is 19.3 Å². The summed E-state index contributed by atoms with van der Waals surface area (Å²) in [7, 11) is 5.90. The first-order valence-electron chi connectivity index (χ1n) is 17.8. The Balaban J connectivity index is 3.69. The number of aliphatic hydroxyl groups is 1. The average molecular weight is 673 g/mol. The van der Waals surface area contributed by atoms with E-state index < -0.39 is 18.4 Å². The predicted molar refractivity (Wildman–Crippen MR) is 197 cm³/mol. The van der Waals surface area contributed by atoms with Crippen LogP contribution >= 0.6 is 0 Å². The van der Waals surface area contributed by atoms with Gasteiger partial charge >= 0.3 is 11.9 Å². The van der Waals surface area contributed by atoms with Crippen LogP contribution in [0.1, 0.15) is 96.8 Å². The topological polar surface area (TPSA) is 102 Å². The highest BCUT2D eigenvalue weighted by atomic mass is 16.7. The van der Waals surface area contributed by atoms with Crippen LogP contribution < -0.4 is 0 Å². The van der Waals surface area contributed by atoms with Crippen LogP contribution in [0.4, 0.5) is 0 Å². The third-order valence-corrected chi connectivity index (χ3v) is 6.90. The predicted octanol–water partition coefficient (Wildman–Crippen LogP) is 8.42. The number of unbranched alkanes of at least 4 members (excludes halogenated alkanes) is 5. The fraction of sp³-hybridized carbons (Fsp3) is 0.600. The van der Waals surface area contributed by atoms with Crippen LogP contribution in [0, 0.1) is 0 Å². The molecule has 0 heterocycles. The van der Waals surface area contributed by atoms with Crippen molar-refractivity contribution in [1.29, 1.82) is 0 Å². The Kier molecular flexibility index (Phi) is 30.4. The molecule has 0 aromatic rings. The van der Waals surface area contributed by atoms with E-state index in [-0.39, 0.29) is 25.8 Å². The summed E-state index contributed by atoms with van der Waals surface area (Å²) in [6, 6.07) is 0. The summed E-state index contributed by atoms with van der Waals surface area (Å²) in [4.78, 5) is 23.2. The van der Waals surface area contributed by atoms with E-state index in [2.05, 4.69) is 92.0 Å². The van der Waals surface area contributed by atoms with Crippen molar-refractivity contribution in [3.8, 4) is 0 Å². The molecule has 0 fully saturated rings. The molecule has 0 amide bonds. The molecule has 0 aliphatic rings. The van der Waals surface area contributed by atoms with Crippen LogP contribution in [-0.2, 0) is 23.8 Å². The first kappa shape index (κ1) is 45.0. The Morgan fingerprint density at radius 1 is 0.625 bits per heavy atom. The van der Waals surface area contributed by atoms with Crippen LogP contribution in [0.25, 0.3) is 0 Å². The van der Waals surface area contributed by atoms with Crippen LogP contribution in [0.2, 0.25) is 0 Å². The summed E-state index contributed by atoms with van der Waals surface area (Å²) in [5.41, 5.74) is 0. The van der Waals surface area contributed by atoms with E-state index in [9.17, 15) is 19.8 Å². The molecule has 8 heteroatoms. The molecule has 0 rings (SSSR count). The quantitative estimate of drug-likeness (QED) is 0.0251. The number of carbonyl (C=O) groups excluding carboxylic acids is 1. The standard InChI is InChI=1S/C40H65NO7/c1-5-6-7-8-9-10-11-12-13-14-15-16-17-18-19-20-21-22-23-24-25-26-27-28-29-30-31-32-38(43)47-35-37(42)36-48-40(39(44)45)46-34-33-41(2,3)4/h6-7,9-10,12-13,15-16,18-19,21-22,24-25,37,40,42H,5,8,11,14,17,20,23,26-36H2,1-4H3/p+1/b7-6-,10-9-,13-12-,16-15-,19-18-,22-21-,25-24-. The lowest BCUT2D eigenvalue weighted by atomic mass is 10.1. The second-order valence-electron chi connectivity index (χ2n) is 12.7. The Labute approximate surface area is 291 Å². The summed E-state index contributed by atoms with van der Waals surface area (Å²) in [6.45, 7) is 2.42. The number of hydrogen-bond donors (Lipinski definition) is 2. The Hall–Kier alpha value is -3.04. The van der Waals surface area contributed by atoms with Gasteiger partial charge in [0.2, 0.25) is 0 Å². The first-order chi connectivity index (χ1) is 23.2. The number of rotatable bonds is 31. The van der Waals surface area contributed by atoms with Crippen LogP contribution in [0.15, 0.2) is 85.1 Å². The molecule has 0 aliphatic heterocycles. The summed E-state index contributed by atoms with van der Waals surface area (Å²) in [5, 5.41) is 19.2. The number of allylic oxidation sites excluding steroid dienone is 14. The fourth-order valence-corrected chi connectivity index (χ4v) is 4.10. The van der Waals surface area contributed by atoms with Crippen LogP contribution in [0.3, 0.4) is 0 Å². The SMILES string of the molecule is CC/C=C\C/C=C\C/C=C\C/C=C\C/C=C\C/C=C\C/C=C\CCCCCCCC(=O)OCC(O)COC(OCC[N+](C)(C)C)C(=O)O. The van der Waals surface area contributed by atoms with E-state index >= 15 is 0 Å². The number of carboxylic acid groups (broad SMARTS) is 1. The number of carbonyl (C=O) groups is 2. The van der Waals surface area contributed by atoms with Crippen LogP contribution in [-0.4, -0.2) is 86.5 Å². The van der Waals surface area contributed by atoms with Gasteiger partial charge in [0.25, 0.3) is 6.29 Å². The number of ether oxygens (including phenoxy) is 3. The van der Waals surface area contributed by atoms with Gasteiger partial charge in [-0.3, -0.25) is 4.79 Å². The van der Waals surface area contributed by atoms with E-state index in [1.165, 1.54) is 0 Å². The highest BCUT2D eigenvalue weighted by molar-refractivity contribution is 5.70. The second kappa shape index (κ2) is 32.5. The zero-order valence-corrected chi connectivity index (χ0v) is 30.3. The third-order valence-electron chi connectivity index (χ3n) is 6.90. The van der Waals surface area contributed by atoms with Gasteiger partial charge in [-0.2, -0.15) is 0 Å². The van der Waals surface area contributed by atoms with Gasteiger partial charge in [-0.25, -0.2) is 4.79 Å². The molecule has 48 heavy (non-hydrogen) atoms. The minimum Gasteiger partial charge on any atom is -0.477 e. The van der Waals surface area contributed by atoms with Gasteiger partial charge in [0, 0.05) is 6.42 Å². The maximum Gasteiger partial charge on any atom is 0.361 e. The molecule has 272 valence electrons. The normalized spacial score (nSPS) is 14.3. The van der Waals surface area contributed by atoms with Crippen molar-refractivity contribution in [2.75, 3.05) is 47.5 Å². The number of likely N-dealkylation sites (N-methyl/N-ethyl adjacent to an activating group) is 1. The zero-order chi connectivity index (χ0) is 35.6. The second-order valence-corrected chi connectivity index (χ2v) is 12.7. The lowest BCUT2D eigenvalue weighted by Gasteiger charge is -2.24. The van der Waals surface area contributed by atoms with Gasteiger partial charge in [0.15, 0.2) is 0 Å². The molecule has 0 spiro atoms. The van der Waals surface area contributed by atoms with Crippen molar-refractivity contribution in [1.82, 2.24) is 0 Å². The first-order valence-corrected chi connectivity index (χ1v) is 17.8. The van der Waals surface area contributed by atoms with Gasteiger partial charge in [-0.15, -0.1) is 0 Å². The number of esters is 1. The van der Waals surface area contributed by atoms with E-state index in [0.29, 0.717) is 17.4 Å². The Morgan fingerprint density at radius 2 is 1.08 bits per heavy atom. The summed E-state index contributed by atoms with van der Waals surface area (Å²) < 4.78 is 16.1. The van der Waals surface area contributed by atoms with Gasteiger partial charge < -0.3 is 28.9 Å². The molecule has 2 N–H and O–H groups in total. The molecule has 0 saturated heterocycles. The van der Waals surface area contributed by atoms with Gasteiger partial charge in [-0.05, 0) is 64.2 Å². The molecule has 0 bridgehead atoms. The number of carboxylic acids is 1. The molecule has 2 unspecified atom stereocenters. The Morgan fingerprint density at radius 3 is 1.56 bits per heavy atom. The van der Waals surface area contributed by atoms with Crippen molar-refractivity contribution in [2.45, 2.75) is 109 Å². The minimum absolute atomic E-state index is 0.202. The number of nitrogens with zero attached hydrogens (tertiary/aromatic N) is 1. The zero-order valence-electron chi connectivity index (χ0n) is 30.3. The van der Waals surface area contributed by atoms with Crippen molar-refractivity contribution >= 4 is 11.9 Å². The number of hydrogen-bond acceptors (Lipinski definition) is 6. The molecule has 0 radical (unpaired) electrons. The molecule has 0 saturated carbocycles. The monoisotopic (exact) mass is 672 g/mol. The highest BCUT2D eigenvalue weighted by Gasteiger charge is 2.22. The van der Waals surface area contributed by atoms with E-state index in [4.69, 9.17) is 14.2 Å². The van der Waals surface area contributed by atoms with E-state index in [1.54, 1.807) is 0 Å². The molecule has 8 nitrogen and oxygen atoms in total. The lowest BCUT2D eigenvalue weighted by molar-refractivity contribution is -0.870. The average Bonchev–Trinajstić information content (AvgIpc) is 3.04. The summed E-state index contributed by atoms with van der Waals surface area (Å²) >= 11 is 0. The molecular formula is C40H66NO7+. The number of aliphatic carboxylic acids is 1. The van der Waals surface area contributed by atoms with Crippen molar-refractivity contribution in [3.05, 3.63) is 85.1 Å². The van der Waals surface area contributed by atoms with Crippen molar-refractivity contribution < 1.29 is 38.5 Å². The molecule has 0 aliphatic carbocycles. The number of quaternary nitrogens is 1. The molecular weight excluding hydrogens is 606 g/mol. The van der Waals surface area contributed by atoms with Crippen molar-refractivity contribution in [3.63, 3.8) is 0 Å². The van der Waals surface area contributed by atoms with Gasteiger partial charge in [0.05, 0.1) is 34.4 Å². The number of aliphatic hydroxyl groups excluding tert-OH is 1. The Bertz CT molecular complexity index is 1000. The summed E-state index contributed by atoms with van der Waals surface area (Å²) in [5.74, 6) is -1.64. The van der Waals surface area contributed by atoms with Crippen LogP contribution in [0.5, 0.6) is 0 Å². The van der Waals surface area contributed by atoms with Crippen molar-refractivity contribution in [2.24, 2.45) is 0 Å². The fourth-order valence-electron chi connectivity index (χ4n) is 4.10. The minimum atomic E-state index is -1.47. The van der Waals surface area contributed by atoms with E-state index in [0.717, 1.165) is 83.5 Å². The maximum absolute atomic E-state index is 12.0. The van der Waals surface area contributed by atoms with Gasteiger partial charge in [-0.1, -0.05) is 111 Å². The third kappa shape index (κ3) is 34.3. The van der Waals surface area contributed by atoms with E-state index in [1.807, 2.05) is 21.1 Å². The smallest absolute Gasteiger partial charge is 0.361 e. The summed E-state index contributed by atoms with van der Waals surface area (Å²) in [6.07, 6.45) is 41.8. The molecule has 0 aromatic heterocycles. The highest BCUT2D eigenvalue weighted by Crippen LogP contribution is 2.09. The largest absolute Gasteiger partial charge is 0.477 e. The maximum atomic E-state index is 12.0. The molecule has 2 atom stereocenters. The molecule has 0 aromatic carbocycles. The lowest BCUT2D eigenvalue weighted by Crippen LogP contribution is -2.40.